The molecule has 1 aromatic carbocycles. The Kier molecular flexibility index (Phi) is 5.71. The molecule has 152 valence electrons. The van der Waals surface area contributed by atoms with Crippen molar-refractivity contribution in [3.8, 4) is 0 Å². The van der Waals surface area contributed by atoms with E-state index >= 15 is 0 Å². The second-order valence-electron chi connectivity index (χ2n) is 7.26. The molecular weight excluding hydrogens is 370 g/mol. The van der Waals surface area contributed by atoms with Gasteiger partial charge in [-0.2, -0.15) is 0 Å². The van der Waals surface area contributed by atoms with Gasteiger partial charge in [0.25, 0.3) is 5.91 Å². The first kappa shape index (κ1) is 19.3. The van der Waals surface area contributed by atoms with Crippen molar-refractivity contribution in [3.05, 3.63) is 47.5 Å². The standard InChI is InChI=1S/C21H25N5O3/c1-16(27)17-2-4-18(5-3-17)21(28)26-10-8-24(9-11-26)19-6-7-20(23-22-19)25-12-14-29-15-13-25/h2-7H,8-15H2,1H3. The van der Waals surface area contributed by atoms with E-state index in [4.69, 9.17) is 4.74 Å². The van der Waals surface area contributed by atoms with Crippen LogP contribution in [0.4, 0.5) is 11.6 Å². The minimum absolute atomic E-state index is 0.00152. The van der Waals surface area contributed by atoms with E-state index in [1.807, 2.05) is 17.0 Å². The van der Waals surface area contributed by atoms with Crippen molar-refractivity contribution in [2.45, 2.75) is 6.92 Å². The van der Waals surface area contributed by atoms with Crippen molar-refractivity contribution in [1.82, 2.24) is 15.1 Å². The number of amides is 1. The van der Waals surface area contributed by atoms with Crippen LogP contribution in [-0.4, -0.2) is 79.3 Å². The molecule has 2 fully saturated rings. The van der Waals surface area contributed by atoms with Gasteiger partial charge < -0.3 is 19.4 Å². The Labute approximate surface area is 170 Å². The van der Waals surface area contributed by atoms with Gasteiger partial charge in [-0.3, -0.25) is 9.59 Å². The number of anilines is 2. The zero-order valence-electron chi connectivity index (χ0n) is 16.6. The van der Waals surface area contributed by atoms with Crippen LogP contribution in [-0.2, 0) is 4.74 Å². The summed E-state index contributed by atoms with van der Waals surface area (Å²) in [4.78, 5) is 30.3. The minimum Gasteiger partial charge on any atom is -0.378 e. The summed E-state index contributed by atoms with van der Waals surface area (Å²) in [6.45, 7) is 7.30. The number of ether oxygens (including phenoxy) is 1. The summed E-state index contributed by atoms with van der Waals surface area (Å²) in [6.07, 6.45) is 0. The highest BCUT2D eigenvalue weighted by Crippen LogP contribution is 2.18. The molecule has 0 radical (unpaired) electrons. The van der Waals surface area contributed by atoms with Gasteiger partial charge in [-0.05, 0) is 31.2 Å². The summed E-state index contributed by atoms with van der Waals surface area (Å²) in [7, 11) is 0. The van der Waals surface area contributed by atoms with Crippen molar-refractivity contribution in [2.75, 3.05) is 62.3 Å². The minimum atomic E-state index is -0.00602. The van der Waals surface area contributed by atoms with Gasteiger partial charge in [0, 0.05) is 50.4 Å². The number of aromatic nitrogens is 2. The van der Waals surface area contributed by atoms with Crippen molar-refractivity contribution in [3.63, 3.8) is 0 Å². The van der Waals surface area contributed by atoms with Gasteiger partial charge in [0.1, 0.15) is 0 Å². The van der Waals surface area contributed by atoms with E-state index in [0.29, 0.717) is 37.3 Å². The van der Waals surface area contributed by atoms with Crippen LogP contribution in [0.1, 0.15) is 27.6 Å². The molecule has 1 aromatic heterocycles. The van der Waals surface area contributed by atoms with Crippen LogP contribution in [0, 0.1) is 0 Å². The Morgan fingerprint density at radius 1 is 0.759 bits per heavy atom. The quantitative estimate of drug-likeness (QED) is 0.726. The van der Waals surface area contributed by atoms with E-state index in [1.54, 1.807) is 24.3 Å². The van der Waals surface area contributed by atoms with Crippen molar-refractivity contribution < 1.29 is 14.3 Å². The molecule has 2 saturated heterocycles. The molecule has 1 amide bonds. The lowest BCUT2D eigenvalue weighted by Crippen LogP contribution is -2.49. The van der Waals surface area contributed by atoms with Gasteiger partial charge in [0.2, 0.25) is 0 Å². The molecule has 2 aromatic rings. The van der Waals surface area contributed by atoms with Crippen LogP contribution < -0.4 is 9.80 Å². The molecule has 0 aliphatic carbocycles. The number of piperazine rings is 1. The normalized spacial score (nSPS) is 17.3. The fourth-order valence-electron chi connectivity index (χ4n) is 3.62. The lowest BCUT2D eigenvalue weighted by Gasteiger charge is -2.35. The van der Waals surface area contributed by atoms with Gasteiger partial charge >= 0.3 is 0 Å². The van der Waals surface area contributed by atoms with Crippen molar-refractivity contribution in [1.29, 1.82) is 0 Å². The highest BCUT2D eigenvalue weighted by atomic mass is 16.5. The summed E-state index contributed by atoms with van der Waals surface area (Å²) in [6, 6.07) is 10.9. The van der Waals surface area contributed by atoms with E-state index in [9.17, 15) is 9.59 Å². The zero-order chi connectivity index (χ0) is 20.2. The number of nitrogens with zero attached hydrogens (tertiary/aromatic N) is 5. The third-order valence-electron chi connectivity index (χ3n) is 5.40. The van der Waals surface area contributed by atoms with E-state index in [-0.39, 0.29) is 11.7 Å². The molecule has 3 heterocycles. The molecule has 0 atom stereocenters. The van der Waals surface area contributed by atoms with Gasteiger partial charge in [-0.1, -0.05) is 12.1 Å². The monoisotopic (exact) mass is 395 g/mol. The van der Waals surface area contributed by atoms with Gasteiger partial charge in [-0.15, -0.1) is 10.2 Å². The largest absolute Gasteiger partial charge is 0.378 e. The molecule has 0 saturated carbocycles. The topological polar surface area (TPSA) is 78.9 Å². The van der Waals surface area contributed by atoms with E-state index < -0.39 is 0 Å². The summed E-state index contributed by atoms with van der Waals surface area (Å²) in [5, 5.41) is 8.76. The first-order valence-electron chi connectivity index (χ1n) is 9.93. The summed E-state index contributed by atoms with van der Waals surface area (Å²) in [5.41, 5.74) is 1.23. The molecule has 0 bridgehead atoms. The highest BCUT2D eigenvalue weighted by Gasteiger charge is 2.23. The van der Waals surface area contributed by atoms with Crippen molar-refractivity contribution >= 4 is 23.3 Å². The summed E-state index contributed by atoms with van der Waals surface area (Å²) < 4.78 is 5.37. The molecule has 2 aliphatic heterocycles. The lowest BCUT2D eigenvalue weighted by atomic mass is 10.1. The van der Waals surface area contributed by atoms with E-state index in [2.05, 4.69) is 20.0 Å². The number of benzene rings is 1. The Balaban J connectivity index is 1.34. The average molecular weight is 395 g/mol. The molecule has 0 unspecified atom stereocenters. The summed E-state index contributed by atoms with van der Waals surface area (Å²) in [5.74, 6) is 1.70. The number of hydrogen-bond acceptors (Lipinski definition) is 7. The molecule has 8 nitrogen and oxygen atoms in total. The second kappa shape index (κ2) is 8.57. The highest BCUT2D eigenvalue weighted by molar-refractivity contribution is 5.97. The molecule has 2 aliphatic rings. The van der Waals surface area contributed by atoms with Crippen molar-refractivity contribution in [2.24, 2.45) is 0 Å². The number of carbonyl (C=O) groups excluding carboxylic acids is 2. The smallest absolute Gasteiger partial charge is 0.253 e. The van der Waals surface area contributed by atoms with Gasteiger partial charge in [-0.25, -0.2) is 0 Å². The molecular formula is C21H25N5O3. The van der Waals surface area contributed by atoms with Crippen LogP contribution in [0.25, 0.3) is 0 Å². The molecule has 0 spiro atoms. The number of morpholine rings is 1. The Hall–Kier alpha value is -3.00. The Morgan fingerprint density at radius 2 is 1.28 bits per heavy atom. The fourth-order valence-corrected chi connectivity index (χ4v) is 3.62. The maximum Gasteiger partial charge on any atom is 0.253 e. The van der Waals surface area contributed by atoms with Crippen LogP contribution >= 0.6 is 0 Å². The van der Waals surface area contributed by atoms with Crippen LogP contribution in [0.3, 0.4) is 0 Å². The maximum absolute atomic E-state index is 12.7. The van der Waals surface area contributed by atoms with Crippen LogP contribution in [0.5, 0.6) is 0 Å². The Bertz CT molecular complexity index is 855. The number of hydrogen-bond donors (Lipinski definition) is 0. The van der Waals surface area contributed by atoms with Gasteiger partial charge in [0.05, 0.1) is 13.2 Å². The van der Waals surface area contributed by atoms with Gasteiger partial charge in [0.15, 0.2) is 17.4 Å². The van der Waals surface area contributed by atoms with E-state index in [0.717, 1.165) is 37.9 Å². The Morgan fingerprint density at radius 3 is 1.79 bits per heavy atom. The molecule has 29 heavy (non-hydrogen) atoms. The maximum atomic E-state index is 12.7. The zero-order valence-corrected chi connectivity index (χ0v) is 16.6. The number of rotatable bonds is 4. The SMILES string of the molecule is CC(=O)c1ccc(C(=O)N2CCN(c3ccc(N4CCOCC4)nn3)CC2)cc1. The number of ketones is 1. The molecule has 4 rings (SSSR count). The third-order valence-corrected chi connectivity index (χ3v) is 5.40. The average Bonchev–Trinajstić information content (AvgIpc) is 2.79. The van der Waals surface area contributed by atoms with Crippen LogP contribution in [0.2, 0.25) is 0 Å². The van der Waals surface area contributed by atoms with Crippen LogP contribution in [0.15, 0.2) is 36.4 Å². The summed E-state index contributed by atoms with van der Waals surface area (Å²) >= 11 is 0. The lowest BCUT2D eigenvalue weighted by molar-refractivity contribution is 0.0746. The fraction of sp³-hybridized carbons (Fsp3) is 0.429. The predicted octanol–water partition coefficient (Wildman–Crippen LogP) is 1.48. The molecule has 0 N–H and O–H groups in total. The first-order chi connectivity index (χ1) is 14.1. The third kappa shape index (κ3) is 4.37. The predicted molar refractivity (Wildman–Crippen MR) is 110 cm³/mol. The number of carbonyl (C=O) groups is 2. The van der Waals surface area contributed by atoms with E-state index in [1.165, 1.54) is 6.92 Å². The molecule has 8 heteroatoms. The number of Topliss-reactive ketones (excluding diaryl/α,β-unsaturated/α-hetero) is 1. The first-order valence-corrected chi connectivity index (χ1v) is 9.93. The second-order valence-corrected chi connectivity index (χ2v) is 7.26.